The number of aliphatic hydroxyl groups excluding tert-OH is 2. The molecule has 5 atom stereocenters. The first kappa shape index (κ1) is 16.6. The van der Waals surface area contributed by atoms with Gasteiger partial charge in [0.1, 0.15) is 12.7 Å². The highest BCUT2D eigenvalue weighted by Gasteiger charge is 2.42. The van der Waals surface area contributed by atoms with E-state index in [4.69, 9.17) is 9.47 Å². The third kappa shape index (κ3) is 3.99. The Labute approximate surface area is 114 Å². The summed E-state index contributed by atoms with van der Waals surface area (Å²) in [7, 11) is 0. The highest BCUT2D eigenvalue weighted by atomic mass is 16.7. The second-order valence-electron chi connectivity index (χ2n) is 6.28. The normalized spacial score (nSPS) is 36.3. The van der Waals surface area contributed by atoms with Gasteiger partial charge in [0.2, 0.25) is 0 Å². The molecule has 112 valence electrons. The van der Waals surface area contributed by atoms with Crippen LogP contribution in [0.2, 0.25) is 0 Å². The molecule has 19 heavy (non-hydrogen) atoms. The van der Waals surface area contributed by atoms with Crippen molar-refractivity contribution in [1.82, 2.24) is 0 Å². The van der Waals surface area contributed by atoms with Gasteiger partial charge >= 0.3 is 0 Å². The second-order valence-corrected chi connectivity index (χ2v) is 6.28. The molecule has 0 spiro atoms. The quantitative estimate of drug-likeness (QED) is 0.803. The summed E-state index contributed by atoms with van der Waals surface area (Å²) in [5.74, 6) is -0.387. The van der Waals surface area contributed by atoms with E-state index in [9.17, 15) is 15.0 Å². The van der Waals surface area contributed by atoms with Crippen LogP contribution in [-0.4, -0.2) is 47.2 Å². The molecule has 1 aliphatic heterocycles. The molecule has 5 nitrogen and oxygen atoms in total. The lowest BCUT2D eigenvalue weighted by Crippen LogP contribution is -2.54. The number of carbonyl (C=O) groups is 1. The summed E-state index contributed by atoms with van der Waals surface area (Å²) in [4.78, 5) is 11.8. The minimum absolute atomic E-state index is 0.0167. The summed E-state index contributed by atoms with van der Waals surface area (Å²) < 4.78 is 11.1. The first-order valence-corrected chi connectivity index (χ1v) is 6.85. The molecular weight excluding hydrogens is 248 g/mol. The van der Waals surface area contributed by atoms with Crippen molar-refractivity contribution >= 4 is 5.78 Å². The molecular formula is C14H26O5. The standard InChI is InChI=1S/C14H26O5/c1-6-9-12(17)11(16)8(2)13(19-9)18-7-10(15)14(3,4)5/h8-9,11-13,16-17H,6-7H2,1-5H3. The Kier molecular flexibility index (Phi) is 5.50. The van der Waals surface area contributed by atoms with Crippen LogP contribution in [0.5, 0.6) is 0 Å². The Morgan fingerprint density at radius 3 is 2.32 bits per heavy atom. The van der Waals surface area contributed by atoms with Gasteiger partial charge in [-0.1, -0.05) is 34.6 Å². The molecule has 1 rings (SSSR count). The van der Waals surface area contributed by atoms with Crippen LogP contribution in [0.1, 0.15) is 41.0 Å². The summed E-state index contributed by atoms with van der Waals surface area (Å²) in [5.41, 5.74) is -0.458. The molecule has 1 saturated heterocycles. The van der Waals surface area contributed by atoms with Crippen LogP contribution in [-0.2, 0) is 14.3 Å². The highest BCUT2D eigenvalue weighted by Crippen LogP contribution is 2.28. The van der Waals surface area contributed by atoms with Crippen molar-refractivity contribution in [3.05, 3.63) is 0 Å². The van der Waals surface area contributed by atoms with Crippen molar-refractivity contribution < 1.29 is 24.5 Å². The molecule has 0 aliphatic carbocycles. The van der Waals surface area contributed by atoms with Crippen LogP contribution < -0.4 is 0 Å². The third-order valence-electron chi connectivity index (χ3n) is 3.63. The predicted octanol–water partition coefficient (Wildman–Crippen LogP) is 1.11. The number of aliphatic hydroxyl groups is 2. The number of hydrogen-bond donors (Lipinski definition) is 2. The third-order valence-corrected chi connectivity index (χ3v) is 3.63. The Morgan fingerprint density at radius 1 is 1.26 bits per heavy atom. The Balaban J connectivity index is 2.60. The van der Waals surface area contributed by atoms with Gasteiger partial charge in [-0.25, -0.2) is 0 Å². The number of rotatable bonds is 4. The van der Waals surface area contributed by atoms with Crippen LogP contribution in [0.3, 0.4) is 0 Å². The fourth-order valence-electron chi connectivity index (χ4n) is 1.97. The number of Topliss-reactive ketones (excluding diaryl/α,β-unsaturated/α-hetero) is 1. The molecule has 0 amide bonds. The van der Waals surface area contributed by atoms with Gasteiger partial charge in [-0.05, 0) is 6.42 Å². The Morgan fingerprint density at radius 2 is 1.84 bits per heavy atom. The molecule has 1 aliphatic rings. The van der Waals surface area contributed by atoms with Gasteiger partial charge in [-0.3, -0.25) is 4.79 Å². The molecule has 1 heterocycles. The van der Waals surface area contributed by atoms with Crippen molar-refractivity contribution in [2.45, 2.75) is 65.6 Å². The zero-order valence-corrected chi connectivity index (χ0v) is 12.4. The first-order valence-electron chi connectivity index (χ1n) is 6.85. The number of carbonyl (C=O) groups excluding carboxylic acids is 1. The first-order chi connectivity index (χ1) is 8.68. The average Bonchev–Trinajstić information content (AvgIpc) is 2.33. The molecule has 0 bridgehead atoms. The van der Waals surface area contributed by atoms with Crippen LogP contribution in [0.25, 0.3) is 0 Å². The van der Waals surface area contributed by atoms with E-state index in [0.29, 0.717) is 6.42 Å². The fraction of sp³-hybridized carbons (Fsp3) is 0.929. The maximum Gasteiger partial charge on any atom is 0.163 e. The van der Waals surface area contributed by atoms with Crippen LogP contribution in [0, 0.1) is 11.3 Å². The predicted molar refractivity (Wildman–Crippen MR) is 70.5 cm³/mol. The molecule has 5 heteroatoms. The van der Waals surface area contributed by atoms with Gasteiger partial charge < -0.3 is 19.7 Å². The van der Waals surface area contributed by atoms with E-state index in [1.54, 1.807) is 6.92 Å². The maximum absolute atomic E-state index is 11.8. The van der Waals surface area contributed by atoms with E-state index in [1.807, 2.05) is 27.7 Å². The lowest BCUT2D eigenvalue weighted by molar-refractivity contribution is -0.275. The molecule has 0 aromatic heterocycles. The lowest BCUT2D eigenvalue weighted by atomic mass is 9.90. The molecule has 0 aromatic rings. The second kappa shape index (κ2) is 6.31. The zero-order chi connectivity index (χ0) is 14.8. The maximum atomic E-state index is 11.8. The topological polar surface area (TPSA) is 76.0 Å². The minimum Gasteiger partial charge on any atom is -0.390 e. The van der Waals surface area contributed by atoms with E-state index >= 15 is 0 Å². The summed E-state index contributed by atoms with van der Waals surface area (Å²) >= 11 is 0. The van der Waals surface area contributed by atoms with Crippen molar-refractivity contribution in [1.29, 1.82) is 0 Å². The van der Waals surface area contributed by atoms with Crippen molar-refractivity contribution in [3.8, 4) is 0 Å². The number of hydrogen-bond acceptors (Lipinski definition) is 5. The molecule has 5 unspecified atom stereocenters. The summed E-state index contributed by atoms with van der Waals surface area (Å²) in [6.45, 7) is 9.06. The SMILES string of the molecule is CCC1OC(OCC(=O)C(C)(C)C)C(C)C(O)C1O. The van der Waals surface area contributed by atoms with E-state index < -0.39 is 30.0 Å². The lowest BCUT2D eigenvalue weighted by Gasteiger charge is -2.41. The highest BCUT2D eigenvalue weighted by molar-refractivity contribution is 5.84. The van der Waals surface area contributed by atoms with Crippen molar-refractivity contribution in [3.63, 3.8) is 0 Å². The van der Waals surface area contributed by atoms with Crippen molar-refractivity contribution in [2.75, 3.05) is 6.61 Å². The fourth-order valence-corrected chi connectivity index (χ4v) is 1.97. The van der Waals surface area contributed by atoms with Gasteiger partial charge in [-0.15, -0.1) is 0 Å². The van der Waals surface area contributed by atoms with Crippen LogP contribution >= 0.6 is 0 Å². The minimum atomic E-state index is -0.904. The molecule has 0 radical (unpaired) electrons. The summed E-state index contributed by atoms with van der Waals surface area (Å²) in [6.07, 6.45) is -2.33. The molecule has 0 saturated carbocycles. The average molecular weight is 274 g/mol. The van der Waals surface area contributed by atoms with Crippen molar-refractivity contribution in [2.24, 2.45) is 11.3 Å². The molecule has 2 N–H and O–H groups in total. The zero-order valence-electron chi connectivity index (χ0n) is 12.4. The number of ether oxygens (including phenoxy) is 2. The van der Waals surface area contributed by atoms with Crippen LogP contribution in [0.4, 0.5) is 0 Å². The van der Waals surface area contributed by atoms with E-state index in [0.717, 1.165) is 0 Å². The number of ketones is 1. The van der Waals surface area contributed by atoms with Crippen LogP contribution in [0.15, 0.2) is 0 Å². The molecule has 0 aromatic carbocycles. The summed E-state index contributed by atoms with van der Waals surface area (Å²) in [5, 5.41) is 19.8. The molecule has 1 fully saturated rings. The summed E-state index contributed by atoms with van der Waals surface area (Å²) in [6, 6.07) is 0. The Hall–Kier alpha value is -0.490. The van der Waals surface area contributed by atoms with Gasteiger partial charge in [0.15, 0.2) is 12.1 Å². The van der Waals surface area contributed by atoms with Gasteiger partial charge in [0, 0.05) is 11.3 Å². The van der Waals surface area contributed by atoms with E-state index in [2.05, 4.69) is 0 Å². The van der Waals surface area contributed by atoms with E-state index in [-0.39, 0.29) is 18.3 Å². The van der Waals surface area contributed by atoms with E-state index in [1.165, 1.54) is 0 Å². The van der Waals surface area contributed by atoms with Gasteiger partial charge in [0.25, 0.3) is 0 Å². The smallest absolute Gasteiger partial charge is 0.163 e. The van der Waals surface area contributed by atoms with Gasteiger partial charge in [0.05, 0.1) is 12.2 Å². The largest absolute Gasteiger partial charge is 0.390 e. The van der Waals surface area contributed by atoms with Gasteiger partial charge in [-0.2, -0.15) is 0 Å². The Bertz CT molecular complexity index is 307. The monoisotopic (exact) mass is 274 g/mol.